The van der Waals surface area contributed by atoms with Crippen LogP contribution in [0.5, 0.6) is 0 Å². The normalized spacial score (nSPS) is 14.9. The van der Waals surface area contributed by atoms with Crippen LogP contribution in [0.25, 0.3) is 0 Å². The number of carbonyl (C=O) groups excluding carboxylic acids is 1. The highest BCUT2D eigenvalue weighted by molar-refractivity contribution is 7.10. The minimum absolute atomic E-state index is 0.0208. The van der Waals surface area contributed by atoms with Crippen molar-refractivity contribution in [2.24, 2.45) is 0 Å². The Hall–Kier alpha value is -1.81. The van der Waals surface area contributed by atoms with Crippen molar-refractivity contribution in [1.29, 1.82) is 0 Å². The number of nitrogens with one attached hydrogen (secondary N) is 1. The highest BCUT2D eigenvalue weighted by atomic mass is 32.1. The van der Waals surface area contributed by atoms with Crippen molar-refractivity contribution in [2.45, 2.75) is 33.1 Å². The van der Waals surface area contributed by atoms with Crippen molar-refractivity contribution >= 4 is 28.6 Å². The predicted molar refractivity (Wildman–Crippen MR) is 94.3 cm³/mol. The molecule has 1 aliphatic rings. The SMILES string of the molecule is Cc1scc(C(=O)Nc2ccc(N3CCCCC3)cc2)c1C. The molecule has 1 aromatic heterocycles. The van der Waals surface area contributed by atoms with E-state index in [4.69, 9.17) is 0 Å². The molecule has 1 N–H and O–H groups in total. The molecule has 0 aliphatic carbocycles. The molecule has 116 valence electrons. The number of aryl methyl sites for hydroxylation is 1. The minimum atomic E-state index is -0.0208. The second-order valence-electron chi connectivity index (χ2n) is 5.88. The molecule has 0 saturated carbocycles. The largest absolute Gasteiger partial charge is 0.372 e. The number of benzene rings is 1. The molecule has 3 nitrogen and oxygen atoms in total. The summed E-state index contributed by atoms with van der Waals surface area (Å²) >= 11 is 1.62. The van der Waals surface area contributed by atoms with Crippen LogP contribution in [-0.2, 0) is 0 Å². The lowest BCUT2D eigenvalue weighted by Crippen LogP contribution is -2.29. The van der Waals surface area contributed by atoms with Crippen LogP contribution in [0.15, 0.2) is 29.6 Å². The zero-order valence-corrected chi connectivity index (χ0v) is 14.0. The average Bonchev–Trinajstić information content (AvgIpc) is 2.88. The molecule has 4 heteroatoms. The van der Waals surface area contributed by atoms with Crippen molar-refractivity contribution in [3.8, 4) is 0 Å². The molecule has 1 amide bonds. The number of anilines is 2. The third-order valence-electron chi connectivity index (χ3n) is 4.38. The van der Waals surface area contributed by atoms with E-state index < -0.39 is 0 Å². The molecule has 0 spiro atoms. The fourth-order valence-corrected chi connectivity index (χ4v) is 3.71. The van der Waals surface area contributed by atoms with Crippen LogP contribution in [-0.4, -0.2) is 19.0 Å². The van der Waals surface area contributed by atoms with E-state index in [1.165, 1.54) is 29.8 Å². The van der Waals surface area contributed by atoms with Crippen molar-refractivity contribution in [1.82, 2.24) is 0 Å². The zero-order valence-electron chi connectivity index (χ0n) is 13.2. The molecule has 0 unspecified atom stereocenters. The summed E-state index contributed by atoms with van der Waals surface area (Å²) < 4.78 is 0. The van der Waals surface area contributed by atoms with E-state index in [1.54, 1.807) is 11.3 Å². The van der Waals surface area contributed by atoms with Crippen molar-refractivity contribution in [2.75, 3.05) is 23.3 Å². The molecule has 3 rings (SSSR count). The second-order valence-corrected chi connectivity index (χ2v) is 6.96. The monoisotopic (exact) mass is 314 g/mol. The molecule has 0 atom stereocenters. The summed E-state index contributed by atoms with van der Waals surface area (Å²) in [6.45, 7) is 6.32. The summed E-state index contributed by atoms with van der Waals surface area (Å²) in [5.41, 5.74) is 3.96. The van der Waals surface area contributed by atoms with Crippen LogP contribution < -0.4 is 10.2 Å². The number of nitrogens with zero attached hydrogens (tertiary/aromatic N) is 1. The number of carbonyl (C=O) groups is 1. The number of thiophene rings is 1. The van der Waals surface area contributed by atoms with Gasteiger partial charge in [0.1, 0.15) is 0 Å². The van der Waals surface area contributed by atoms with E-state index in [0.717, 1.165) is 29.9 Å². The molecule has 2 heterocycles. The molecule has 1 saturated heterocycles. The lowest BCUT2D eigenvalue weighted by molar-refractivity contribution is 0.102. The van der Waals surface area contributed by atoms with Gasteiger partial charge in [0, 0.05) is 34.7 Å². The minimum Gasteiger partial charge on any atom is -0.372 e. The molecule has 1 aromatic carbocycles. The van der Waals surface area contributed by atoms with Gasteiger partial charge in [0.05, 0.1) is 5.56 Å². The van der Waals surface area contributed by atoms with E-state index in [9.17, 15) is 4.79 Å². The van der Waals surface area contributed by atoms with Gasteiger partial charge < -0.3 is 10.2 Å². The Labute approximate surface area is 136 Å². The third kappa shape index (κ3) is 3.17. The summed E-state index contributed by atoms with van der Waals surface area (Å²) in [6.07, 6.45) is 3.88. The van der Waals surface area contributed by atoms with E-state index in [1.807, 2.05) is 31.4 Å². The lowest BCUT2D eigenvalue weighted by Gasteiger charge is -2.28. The molecule has 2 aromatic rings. The molecule has 0 radical (unpaired) electrons. The Balaban J connectivity index is 1.68. The van der Waals surface area contributed by atoms with Gasteiger partial charge >= 0.3 is 0 Å². The maximum Gasteiger partial charge on any atom is 0.256 e. The first-order valence-corrected chi connectivity index (χ1v) is 8.74. The summed E-state index contributed by atoms with van der Waals surface area (Å²) in [5.74, 6) is -0.0208. The van der Waals surface area contributed by atoms with Gasteiger partial charge in [0.2, 0.25) is 0 Å². The van der Waals surface area contributed by atoms with Crippen LogP contribution in [0.4, 0.5) is 11.4 Å². The van der Waals surface area contributed by atoms with E-state index in [2.05, 4.69) is 22.3 Å². The predicted octanol–water partition coefficient (Wildman–Crippen LogP) is 4.61. The van der Waals surface area contributed by atoms with Gasteiger partial charge in [0.15, 0.2) is 0 Å². The maximum atomic E-state index is 12.3. The second kappa shape index (κ2) is 6.53. The Kier molecular flexibility index (Phi) is 4.48. The van der Waals surface area contributed by atoms with Crippen molar-refractivity contribution < 1.29 is 4.79 Å². The first kappa shape index (κ1) is 15.1. The fourth-order valence-electron chi connectivity index (χ4n) is 2.84. The highest BCUT2D eigenvalue weighted by Gasteiger charge is 2.14. The van der Waals surface area contributed by atoms with E-state index in [0.29, 0.717) is 0 Å². The van der Waals surface area contributed by atoms with Crippen molar-refractivity contribution in [3.05, 3.63) is 45.6 Å². The van der Waals surface area contributed by atoms with Gasteiger partial charge in [-0.3, -0.25) is 4.79 Å². The van der Waals surface area contributed by atoms with Gasteiger partial charge in [-0.1, -0.05) is 0 Å². The Morgan fingerprint density at radius 1 is 1.09 bits per heavy atom. The Morgan fingerprint density at radius 3 is 2.36 bits per heavy atom. The number of rotatable bonds is 3. The standard InChI is InChI=1S/C18H22N2OS/c1-13-14(2)22-12-17(13)18(21)19-15-6-8-16(9-7-15)20-10-4-3-5-11-20/h6-9,12H,3-5,10-11H2,1-2H3,(H,19,21). The van der Waals surface area contributed by atoms with Crippen LogP contribution in [0.1, 0.15) is 40.1 Å². The molecule has 22 heavy (non-hydrogen) atoms. The molecular weight excluding hydrogens is 292 g/mol. The summed E-state index contributed by atoms with van der Waals surface area (Å²) in [7, 11) is 0. The fraction of sp³-hybridized carbons (Fsp3) is 0.389. The van der Waals surface area contributed by atoms with Crippen molar-refractivity contribution in [3.63, 3.8) is 0 Å². The lowest BCUT2D eigenvalue weighted by atomic mass is 10.1. The number of hydrogen-bond acceptors (Lipinski definition) is 3. The Bertz CT molecular complexity index is 654. The molecular formula is C18H22N2OS. The van der Waals surface area contributed by atoms with Gasteiger partial charge in [-0.2, -0.15) is 0 Å². The van der Waals surface area contributed by atoms with E-state index >= 15 is 0 Å². The average molecular weight is 314 g/mol. The van der Waals surface area contributed by atoms with Crippen LogP contribution in [0.2, 0.25) is 0 Å². The summed E-state index contributed by atoms with van der Waals surface area (Å²) in [4.78, 5) is 15.9. The number of hydrogen-bond donors (Lipinski definition) is 1. The van der Waals surface area contributed by atoms with Crippen LogP contribution >= 0.6 is 11.3 Å². The van der Waals surface area contributed by atoms with Gasteiger partial charge in [-0.15, -0.1) is 11.3 Å². The van der Waals surface area contributed by atoms with Gasteiger partial charge in [-0.05, 0) is 62.9 Å². The Morgan fingerprint density at radius 2 is 1.77 bits per heavy atom. The third-order valence-corrected chi connectivity index (χ3v) is 5.39. The molecule has 1 fully saturated rings. The first-order chi connectivity index (χ1) is 10.6. The van der Waals surface area contributed by atoms with Gasteiger partial charge in [-0.25, -0.2) is 0 Å². The topological polar surface area (TPSA) is 32.3 Å². The highest BCUT2D eigenvalue weighted by Crippen LogP contribution is 2.24. The smallest absolute Gasteiger partial charge is 0.256 e. The quantitative estimate of drug-likeness (QED) is 0.897. The molecule has 0 bridgehead atoms. The summed E-state index contributed by atoms with van der Waals surface area (Å²) in [5, 5.41) is 4.92. The van der Waals surface area contributed by atoms with Gasteiger partial charge in [0.25, 0.3) is 5.91 Å². The first-order valence-electron chi connectivity index (χ1n) is 7.86. The zero-order chi connectivity index (χ0) is 15.5. The molecule has 1 aliphatic heterocycles. The number of amides is 1. The van der Waals surface area contributed by atoms with E-state index in [-0.39, 0.29) is 5.91 Å². The number of piperidine rings is 1. The summed E-state index contributed by atoms with van der Waals surface area (Å²) in [6, 6.07) is 8.20. The van der Waals surface area contributed by atoms with Crippen LogP contribution in [0.3, 0.4) is 0 Å². The van der Waals surface area contributed by atoms with Crippen LogP contribution in [0, 0.1) is 13.8 Å². The maximum absolute atomic E-state index is 12.3.